The summed E-state index contributed by atoms with van der Waals surface area (Å²) in [6.45, 7) is 4.62. The Hall–Kier alpha value is -0.560. The van der Waals surface area contributed by atoms with Crippen molar-refractivity contribution in [2.75, 3.05) is 0 Å². The van der Waals surface area contributed by atoms with Crippen LogP contribution in [0.3, 0.4) is 0 Å². The first-order valence-electron chi connectivity index (χ1n) is 4.71. The molecule has 0 bridgehead atoms. The minimum Gasteiger partial charge on any atom is -0.241 e. The second kappa shape index (κ2) is 2.98. The smallest absolute Gasteiger partial charge is 0.129 e. The molecule has 0 amide bonds. The van der Waals surface area contributed by atoms with E-state index >= 15 is 0 Å². The zero-order chi connectivity index (χ0) is 9.47. The third-order valence-electron chi connectivity index (χ3n) is 2.74. The van der Waals surface area contributed by atoms with Gasteiger partial charge in [0.25, 0.3) is 0 Å². The quantitative estimate of drug-likeness (QED) is 0.580. The zero-order valence-corrected chi connectivity index (χ0v) is 8.86. The molecule has 1 aliphatic rings. The Balaban J connectivity index is 2.37. The van der Waals surface area contributed by atoms with Crippen LogP contribution in [0.4, 0.5) is 0 Å². The van der Waals surface area contributed by atoms with Crippen LogP contribution in [0.25, 0.3) is 0 Å². The molecule has 1 nitrogen and oxygen atoms in total. The van der Waals surface area contributed by atoms with Gasteiger partial charge in [-0.15, -0.1) is 0 Å². The molecule has 13 heavy (non-hydrogen) atoms. The second-order valence-corrected chi connectivity index (χ2v) is 4.97. The van der Waals surface area contributed by atoms with Gasteiger partial charge >= 0.3 is 0 Å². The van der Waals surface area contributed by atoms with Crippen molar-refractivity contribution in [3.63, 3.8) is 0 Å². The van der Waals surface area contributed by atoms with Gasteiger partial charge in [-0.25, -0.2) is 4.98 Å². The van der Waals surface area contributed by atoms with Gasteiger partial charge in [0.1, 0.15) is 5.15 Å². The third kappa shape index (κ3) is 1.86. The van der Waals surface area contributed by atoms with Crippen molar-refractivity contribution in [3.05, 3.63) is 28.5 Å². The van der Waals surface area contributed by atoms with Gasteiger partial charge in [-0.2, -0.15) is 0 Å². The maximum atomic E-state index is 5.84. The lowest BCUT2D eigenvalue weighted by atomic mass is 9.76. The summed E-state index contributed by atoms with van der Waals surface area (Å²) in [5.74, 6) is 0. The number of hydrogen-bond donors (Lipinski definition) is 0. The van der Waals surface area contributed by atoms with E-state index in [1.165, 1.54) is 17.7 Å². The second-order valence-electron chi connectivity index (χ2n) is 4.58. The number of hydrogen-bond acceptors (Lipinski definition) is 1. The monoisotopic (exact) mass is 195 g/mol. The molecule has 0 saturated heterocycles. The normalized spacial score (nSPS) is 19.6. The summed E-state index contributed by atoms with van der Waals surface area (Å²) in [6.07, 6.45) is 3.42. The van der Waals surface area contributed by atoms with Crippen LogP contribution in [0, 0.1) is 5.41 Å². The number of halogens is 1. The number of rotatable bonds is 0. The van der Waals surface area contributed by atoms with Crippen LogP contribution in [0.5, 0.6) is 0 Å². The van der Waals surface area contributed by atoms with Crippen LogP contribution in [0.2, 0.25) is 5.15 Å². The molecular formula is C11H14ClN. The Labute approximate surface area is 84.1 Å². The van der Waals surface area contributed by atoms with E-state index in [9.17, 15) is 0 Å². The molecule has 1 aromatic rings. The van der Waals surface area contributed by atoms with Gasteiger partial charge in [0.15, 0.2) is 0 Å². The summed E-state index contributed by atoms with van der Waals surface area (Å²) in [6, 6.07) is 4.01. The molecular weight excluding hydrogens is 182 g/mol. The standard InChI is InChI=1S/C11H14ClN/c1-11(2)6-5-9-8(7-11)3-4-10(12)13-9/h3-4H,5-7H2,1-2H3. The molecule has 0 unspecified atom stereocenters. The van der Waals surface area contributed by atoms with E-state index in [1.807, 2.05) is 6.07 Å². The molecule has 2 rings (SSSR count). The Morgan fingerprint density at radius 1 is 1.38 bits per heavy atom. The molecule has 1 heterocycles. The Morgan fingerprint density at radius 3 is 2.92 bits per heavy atom. The minimum absolute atomic E-state index is 0.433. The van der Waals surface area contributed by atoms with Crippen molar-refractivity contribution < 1.29 is 0 Å². The lowest BCUT2D eigenvalue weighted by Gasteiger charge is -2.30. The lowest BCUT2D eigenvalue weighted by molar-refractivity contribution is 0.312. The Bertz CT molecular complexity index is 331. The SMILES string of the molecule is CC1(C)CCc2nc(Cl)ccc2C1. The molecule has 1 aliphatic carbocycles. The fourth-order valence-corrected chi connectivity index (χ4v) is 2.11. The van der Waals surface area contributed by atoms with Crippen LogP contribution in [-0.4, -0.2) is 4.98 Å². The van der Waals surface area contributed by atoms with E-state index in [2.05, 4.69) is 24.9 Å². The van der Waals surface area contributed by atoms with E-state index in [-0.39, 0.29) is 0 Å². The predicted octanol–water partition coefficient (Wildman–Crippen LogP) is 3.25. The summed E-state index contributed by atoms with van der Waals surface area (Å²) in [5.41, 5.74) is 3.01. The first-order valence-corrected chi connectivity index (χ1v) is 5.09. The molecule has 0 aromatic carbocycles. The maximum absolute atomic E-state index is 5.84. The molecule has 0 radical (unpaired) electrons. The van der Waals surface area contributed by atoms with Crippen molar-refractivity contribution in [1.82, 2.24) is 4.98 Å². The average Bonchev–Trinajstić information content (AvgIpc) is 2.05. The Kier molecular flexibility index (Phi) is 2.07. The van der Waals surface area contributed by atoms with E-state index in [0.29, 0.717) is 10.6 Å². The van der Waals surface area contributed by atoms with Crippen molar-refractivity contribution in [3.8, 4) is 0 Å². The summed E-state index contributed by atoms with van der Waals surface area (Å²) in [4.78, 5) is 4.34. The topological polar surface area (TPSA) is 12.9 Å². The first-order chi connectivity index (χ1) is 6.07. The average molecular weight is 196 g/mol. The molecule has 0 fully saturated rings. The lowest BCUT2D eigenvalue weighted by Crippen LogP contribution is -2.22. The molecule has 2 heteroatoms. The number of aromatic nitrogens is 1. The van der Waals surface area contributed by atoms with Crippen LogP contribution in [0.15, 0.2) is 12.1 Å². The van der Waals surface area contributed by atoms with Crippen LogP contribution in [0.1, 0.15) is 31.5 Å². The molecule has 0 atom stereocenters. The first kappa shape index (κ1) is 9.01. The van der Waals surface area contributed by atoms with E-state index in [0.717, 1.165) is 12.8 Å². The van der Waals surface area contributed by atoms with Gasteiger partial charge < -0.3 is 0 Å². The van der Waals surface area contributed by atoms with E-state index in [4.69, 9.17) is 11.6 Å². The highest BCUT2D eigenvalue weighted by Gasteiger charge is 2.25. The predicted molar refractivity (Wildman–Crippen MR) is 55.1 cm³/mol. The molecule has 0 aliphatic heterocycles. The zero-order valence-electron chi connectivity index (χ0n) is 8.10. The summed E-state index contributed by atoms with van der Waals surface area (Å²) in [7, 11) is 0. The molecule has 0 spiro atoms. The summed E-state index contributed by atoms with van der Waals surface area (Å²) >= 11 is 5.84. The van der Waals surface area contributed by atoms with E-state index in [1.54, 1.807) is 0 Å². The molecule has 0 saturated carbocycles. The number of fused-ring (bicyclic) bond motifs is 1. The summed E-state index contributed by atoms with van der Waals surface area (Å²) < 4.78 is 0. The van der Waals surface area contributed by atoms with Crippen LogP contribution < -0.4 is 0 Å². The number of pyridine rings is 1. The third-order valence-corrected chi connectivity index (χ3v) is 2.95. The molecule has 70 valence electrons. The highest BCUT2D eigenvalue weighted by molar-refractivity contribution is 6.29. The number of aryl methyl sites for hydroxylation is 1. The maximum Gasteiger partial charge on any atom is 0.129 e. The fourth-order valence-electron chi connectivity index (χ4n) is 1.94. The van der Waals surface area contributed by atoms with Crippen molar-refractivity contribution in [2.45, 2.75) is 33.1 Å². The van der Waals surface area contributed by atoms with Crippen molar-refractivity contribution >= 4 is 11.6 Å². The van der Waals surface area contributed by atoms with Crippen LogP contribution >= 0.6 is 11.6 Å². The molecule has 0 N–H and O–H groups in total. The number of nitrogens with zero attached hydrogens (tertiary/aromatic N) is 1. The van der Waals surface area contributed by atoms with Crippen molar-refractivity contribution in [1.29, 1.82) is 0 Å². The van der Waals surface area contributed by atoms with Crippen LogP contribution in [-0.2, 0) is 12.8 Å². The summed E-state index contributed by atoms with van der Waals surface area (Å²) in [5, 5.41) is 0.624. The van der Waals surface area contributed by atoms with Gasteiger partial charge in [0, 0.05) is 5.69 Å². The van der Waals surface area contributed by atoms with Gasteiger partial charge in [-0.1, -0.05) is 31.5 Å². The largest absolute Gasteiger partial charge is 0.241 e. The van der Waals surface area contributed by atoms with Gasteiger partial charge in [-0.3, -0.25) is 0 Å². The van der Waals surface area contributed by atoms with Gasteiger partial charge in [-0.05, 0) is 36.3 Å². The van der Waals surface area contributed by atoms with E-state index < -0.39 is 0 Å². The van der Waals surface area contributed by atoms with Crippen molar-refractivity contribution in [2.24, 2.45) is 5.41 Å². The Morgan fingerprint density at radius 2 is 2.15 bits per heavy atom. The molecule has 1 aromatic heterocycles. The fraction of sp³-hybridized carbons (Fsp3) is 0.545. The minimum atomic E-state index is 0.433. The highest BCUT2D eigenvalue weighted by atomic mass is 35.5. The van der Waals surface area contributed by atoms with Gasteiger partial charge in [0.05, 0.1) is 0 Å². The van der Waals surface area contributed by atoms with Gasteiger partial charge in [0.2, 0.25) is 0 Å². The highest BCUT2D eigenvalue weighted by Crippen LogP contribution is 2.34.